The Balaban J connectivity index is 1.69. The van der Waals surface area contributed by atoms with E-state index in [1.807, 2.05) is 0 Å². The summed E-state index contributed by atoms with van der Waals surface area (Å²) in [7, 11) is 0. The van der Waals surface area contributed by atoms with Crippen LogP contribution in [0, 0.1) is 34.5 Å². The maximum Gasteiger partial charge on any atom is 0.335 e. The standard InChI is InChI=1S/C20H22O7/c1-9-11-3-5-13(7-11)19(9,15(21)22)17(25)27-18(26)20(16(23)24)10(2)12-4-6-14(20)8-12/h5-6,9-12H,3-4,7-8H2,1-2H3,(H,21,22)(H,23,24). The molecule has 7 heteroatoms. The summed E-state index contributed by atoms with van der Waals surface area (Å²) in [5.41, 5.74) is -2.86. The first kappa shape index (κ1) is 17.9. The van der Waals surface area contributed by atoms with Gasteiger partial charge in [-0.15, -0.1) is 0 Å². The molecule has 0 aromatic heterocycles. The van der Waals surface area contributed by atoms with Crippen LogP contribution in [0.4, 0.5) is 0 Å². The number of carboxylic acids is 2. The molecule has 4 rings (SSSR count). The Morgan fingerprint density at radius 2 is 1.22 bits per heavy atom. The third-order valence-electron chi connectivity index (χ3n) is 7.60. The predicted octanol–water partition coefficient (Wildman–Crippen LogP) is 2.17. The van der Waals surface area contributed by atoms with E-state index in [4.69, 9.17) is 4.74 Å². The monoisotopic (exact) mass is 374 g/mol. The highest BCUT2D eigenvalue weighted by atomic mass is 16.6. The minimum atomic E-state index is -1.90. The lowest BCUT2D eigenvalue weighted by atomic mass is 9.69. The SMILES string of the molecule is CC1C2CC=C(C2)C1(C(=O)O)C(=O)OC(=O)C1(C(=O)O)C2=CCC(C2)C1C. The van der Waals surface area contributed by atoms with E-state index in [9.17, 15) is 29.4 Å². The van der Waals surface area contributed by atoms with Crippen molar-refractivity contribution in [3.63, 3.8) is 0 Å². The summed E-state index contributed by atoms with van der Waals surface area (Å²) in [6.45, 7) is 3.36. The molecule has 0 radical (unpaired) electrons. The molecule has 0 heterocycles. The fraction of sp³-hybridized carbons (Fsp3) is 0.600. The number of aliphatic carboxylic acids is 2. The number of hydrogen-bond donors (Lipinski definition) is 2. The van der Waals surface area contributed by atoms with Crippen LogP contribution in [0.25, 0.3) is 0 Å². The number of esters is 2. The summed E-state index contributed by atoms with van der Waals surface area (Å²) in [6, 6.07) is 0. The van der Waals surface area contributed by atoms with Gasteiger partial charge in [0.05, 0.1) is 0 Å². The molecule has 6 unspecified atom stereocenters. The summed E-state index contributed by atoms with van der Waals surface area (Å²) in [6.07, 6.45) is 5.87. The van der Waals surface area contributed by atoms with Gasteiger partial charge < -0.3 is 14.9 Å². The van der Waals surface area contributed by atoms with Crippen molar-refractivity contribution in [3.8, 4) is 0 Å². The van der Waals surface area contributed by atoms with E-state index in [-0.39, 0.29) is 11.8 Å². The Bertz CT molecular complexity index is 769. The van der Waals surface area contributed by atoms with Gasteiger partial charge in [0.15, 0.2) is 10.8 Å². The number of carboxylic acid groups (broad SMARTS) is 2. The Kier molecular flexibility index (Phi) is 3.68. The van der Waals surface area contributed by atoms with Gasteiger partial charge in [-0.05, 0) is 60.5 Å². The van der Waals surface area contributed by atoms with Crippen LogP contribution in [-0.4, -0.2) is 34.1 Å². The van der Waals surface area contributed by atoms with Crippen molar-refractivity contribution >= 4 is 23.9 Å². The largest absolute Gasteiger partial charge is 0.480 e. The molecule has 7 nitrogen and oxygen atoms in total. The van der Waals surface area contributed by atoms with Gasteiger partial charge in [0.1, 0.15) is 0 Å². The number of allylic oxidation sites excluding steroid dienone is 2. The molecular formula is C20H22O7. The fourth-order valence-corrected chi connectivity index (χ4v) is 5.90. The van der Waals surface area contributed by atoms with E-state index in [2.05, 4.69) is 0 Å². The second-order valence-corrected chi connectivity index (χ2v) is 8.34. The number of fused-ring (bicyclic) bond motifs is 4. The van der Waals surface area contributed by atoms with Gasteiger partial charge in [-0.2, -0.15) is 0 Å². The lowest BCUT2D eigenvalue weighted by molar-refractivity contribution is -0.182. The van der Waals surface area contributed by atoms with E-state index < -0.39 is 46.5 Å². The number of carbonyl (C=O) groups is 4. The smallest absolute Gasteiger partial charge is 0.335 e. The van der Waals surface area contributed by atoms with Crippen LogP contribution in [0.2, 0.25) is 0 Å². The van der Waals surface area contributed by atoms with Gasteiger partial charge in [0, 0.05) is 0 Å². The minimum Gasteiger partial charge on any atom is -0.480 e. The predicted molar refractivity (Wildman–Crippen MR) is 91.2 cm³/mol. The normalized spacial score (nSPS) is 41.3. The molecule has 4 bridgehead atoms. The van der Waals surface area contributed by atoms with Crippen LogP contribution in [0.3, 0.4) is 0 Å². The molecule has 2 saturated carbocycles. The van der Waals surface area contributed by atoms with Crippen LogP contribution in [0.1, 0.15) is 39.5 Å². The molecular weight excluding hydrogens is 352 g/mol. The first-order chi connectivity index (χ1) is 12.7. The third-order valence-corrected chi connectivity index (χ3v) is 7.60. The summed E-state index contributed by atoms with van der Waals surface area (Å²) in [5.74, 6) is -5.96. The average molecular weight is 374 g/mol. The molecule has 2 N–H and O–H groups in total. The Hall–Kier alpha value is -2.44. The molecule has 0 aliphatic heterocycles. The maximum absolute atomic E-state index is 13.0. The zero-order chi connectivity index (χ0) is 19.7. The number of rotatable bonds is 4. The number of ether oxygens (including phenoxy) is 1. The van der Waals surface area contributed by atoms with Crippen molar-refractivity contribution in [1.82, 2.24) is 0 Å². The van der Waals surface area contributed by atoms with Crippen molar-refractivity contribution in [3.05, 3.63) is 23.3 Å². The lowest BCUT2D eigenvalue weighted by Gasteiger charge is -2.35. The summed E-state index contributed by atoms with van der Waals surface area (Å²) >= 11 is 0. The third kappa shape index (κ3) is 1.92. The minimum absolute atomic E-state index is 0.0244. The molecule has 4 aliphatic carbocycles. The number of carbonyl (C=O) groups excluding carboxylic acids is 2. The van der Waals surface area contributed by atoms with Gasteiger partial charge in [0.2, 0.25) is 0 Å². The second-order valence-electron chi connectivity index (χ2n) is 8.34. The van der Waals surface area contributed by atoms with Crippen molar-refractivity contribution in [1.29, 1.82) is 0 Å². The highest BCUT2D eigenvalue weighted by molar-refractivity contribution is 6.12. The first-order valence-electron chi connectivity index (χ1n) is 9.30. The Labute approximate surface area is 156 Å². The Morgan fingerprint density at radius 1 is 0.852 bits per heavy atom. The van der Waals surface area contributed by atoms with Crippen molar-refractivity contribution in [2.75, 3.05) is 0 Å². The molecule has 6 atom stereocenters. The van der Waals surface area contributed by atoms with Gasteiger partial charge in [-0.25, -0.2) is 9.59 Å². The second kappa shape index (κ2) is 5.53. The first-order valence-corrected chi connectivity index (χ1v) is 9.30. The van der Waals surface area contributed by atoms with Crippen molar-refractivity contribution < 1.29 is 34.1 Å². The summed E-state index contributed by atoms with van der Waals surface area (Å²) in [4.78, 5) is 50.1. The van der Waals surface area contributed by atoms with E-state index >= 15 is 0 Å². The average Bonchev–Trinajstić information content (AvgIpc) is 3.33. The van der Waals surface area contributed by atoms with Gasteiger partial charge >= 0.3 is 23.9 Å². The van der Waals surface area contributed by atoms with Crippen molar-refractivity contribution in [2.45, 2.75) is 39.5 Å². The topological polar surface area (TPSA) is 118 Å². The molecule has 0 aromatic rings. The van der Waals surface area contributed by atoms with Crippen LogP contribution >= 0.6 is 0 Å². The quantitative estimate of drug-likeness (QED) is 0.440. The van der Waals surface area contributed by atoms with E-state index in [0.717, 1.165) is 0 Å². The van der Waals surface area contributed by atoms with Crippen LogP contribution in [-0.2, 0) is 23.9 Å². The highest BCUT2D eigenvalue weighted by Crippen LogP contribution is 2.59. The maximum atomic E-state index is 13.0. The van der Waals surface area contributed by atoms with Crippen LogP contribution < -0.4 is 0 Å². The fourth-order valence-electron chi connectivity index (χ4n) is 5.90. The van der Waals surface area contributed by atoms with Gasteiger partial charge in [-0.1, -0.05) is 26.0 Å². The molecule has 0 aromatic carbocycles. The molecule has 2 fully saturated rings. The van der Waals surface area contributed by atoms with Gasteiger partial charge in [0.25, 0.3) is 0 Å². The molecule has 0 spiro atoms. The zero-order valence-electron chi connectivity index (χ0n) is 15.2. The number of hydrogen-bond acceptors (Lipinski definition) is 5. The molecule has 144 valence electrons. The molecule has 0 amide bonds. The summed E-state index contributed by atoms with van der Waals surface area (Å²) < 4.78 is 5.07. The zero-order valence-corrected chi connectivity index (χ0v) is 15.2. The summed E-state index contributed by atoms with van der Waals surface area (Å²) in [5, 5.41) is 19.7. The Morgan fingerprint density at radius 3 is 1.48 bits per heavy atom. The highest BCUT2D eigenvalue weighted by Gasteiger charge is 2.67. The molecule has 0 saturated heterocycles. The lowest BCUT2D eigenvalue weighted by Crippen LogP contribution is -2.51. The molecule has 4 aliphatic rings. The van der Waals surface area contributed by atoms with Crippen LogP contribution in [0.15, 0.2) is 23.3 Å². The molecule has 27 heavy (non-hydrogen) atoms. The van der Waals surface area contributed by atoms with E-state index in [0.29, 0.717) is 36.8 Å². The van der Waals surface area contributed by atoms with Gasteiger partial charge in [-0.3, -0.25) is 9.59 Å². The van der Waals surface area contributed by atoms with E-state index in [1.165, 1.54) is 0 Å². The van der Waals surface area contributed by atoms with Crippen LogP contribution in [0.5, 0.6) is 0 Å². The van der Waals surface area contributed by atoms with Crippen molar-refractivity contribution in [2.24, 2.45) is 34.5 Å². The van der Waals surface area contributed by atoms with E-state index in [1.54, 1.807) is 26.0 Å².